The van der Waals surface area contributed by atoms with Crippen molar-refractivity contribution in [2.24, 2.45) is 11.1 Å². The van der Waals surface area contributed by atoms with E-state index in [-0.39, 0.29) is 5.54 Å². The van der Waals surface area contributed by atoms with E-state index < -0.39 is 0 Å². The van der Waals surface area contributed by atoms with Crippen LogP contribution in [-0.4, -0.2) is 12.6 Å². The minimum Gasteiger partial charge on any atom is -0.496 e. The molecule has 1 aliphatic rings. The Morgan fingerprint density at radius 3 is 2.61 bits per heavy atom. The van der Waals surface area contributed by atoms with Gasteiger partial charge in [-0.3, -0.25) is 0 Å². The highest BCUT2D eigenvalue weighted by atomic mass is 35.5. The SMILES string of the molecule is COc1ccc(Cl)cc1CC1(N)CCC(C)(C)C1. The summed E-state index contributed by atoms with van der Waals surface area (Å²) in [5.74, 6) is 0.883. The van der Waals surface area contributed by atoms with Crippen molar-refractivity contribution < 1.29 is 4.74 Å². The molecule has 1 aromatic rings. The summed E-state index contributed by atoms with van der Waals surface area (Å²) in [6, 6.07) is 5.74. The van der Waals surface area contributed by atoms with Gasteiger partial charge in [-0.1, -0.05) is 25.4 Å². The lowest BCUT2D eigenvalue weighted by atomic mass is 9.84. The Labute approximate surface area is 114 Å². The predicted octanol–water partition coefficient (Wildman–Crippen LogP) is 3.80. The van der Waals surface area contributed by atoms with Crippen LogP contribution in [0.25, 0.3) is 0 Å². The Morgan fingerprint density at radius 1 is 1.33 bits per heavy atom. The molecule has 2 nitrogen and oxygen atoms in total. The maximum atomic E-state index is 6.54. The van der Waals surface area contributed by atoms with Crippen molar-refractivity contribution in [3.05, 3.63) is 28.8 Å². The number of ether oxygens (including phenoxy) is 1. The number of rotatable bonds is 3. The van der Waals surface area contributed by atoms with Crippen LogP contribution in [0.3, 0.4) is 0 Å². The van der Waals surface area contributed by atoms with E-state index in [0.29, 0.717) is 5.41 Å². The van der Waals surface area contributed by atoms with E-state index in [0.717, 1.165) is 35.6 Å². The predicted molar refractivity (Wildman–Crippen MR) is 76.3 cm³/mol. The van der Waals surface area contributed by atoms with Crippen molar-refractivity contribution in [3.63, 3.8) is 0 Å². The van der Waals surface area contributed by atoms with Gasteiger partial charge in [0, 0.05) is 10.6 Å². The highest BCUT2D eigenvalue weighted by Crippen LogP contribution is 2.44. The van der Waals surface area contributed by atoms with Crippen LogP contribution in [0, 0.1) is 5.41 Å². The van der Waals surface area contributed by atoms with Crippen LogP contribution >= 0.6 is 11.6 Å². The summed E-state index contributed by atoms with van der Waals surface area (Å²) in [6.07, 6.45) is 4.14. The van der Waals surface area contributed by atoms with Crippen molar-refractivity contribution >= 4 is 11.6 Å². The van der Waals surface area contributed by atoms with Crippen molar-refractivity contribution in [3.8, 4) is 5.75 Å². The standard InChI is InChI=1S/C15H22ClNO/c1-14(2)6-7-15(17,10-14)9-11-8-12(16)4-5-13(11)18-3/h4-5,8H,6-7,9-10,17H2,1-3H3. The number of hydrogen-bond acceptors (Lipinski definition) is 2. The molecule has 0 bridgehead atoms. The van der Waals surface area contributed by atoms with Gasteiger partial charge in [0.2, 0.25) is 0 Å². The molecule has 1 unspecified atom stereocenters. The van der Waals surface area contributed by atoms with Gasteiger partial charge < -0.3 is 10.5 Å². The van der Waals surface area contributed by atoms with Gasteiger partial charge in [-0.2, -0.15) is 0 Å². The molecule has 1 aliphatic carbocycles. The van der Waals surface area contributed by atoms with Crippen molar-refractivity contribution in [1.82, 2.24) is 0 Å². The van der Waals surface area contributed by atoms with E-state index in [1.165, 1.54) is 6.42 Å². The number of nitrogens with two attached hydrogens (primary N) is 1. The maximum Gasteiger partial charge on any atom is 0.122 e. The molecule has 0 heterocycles. The summed E-state index contributed by atoms with van der Waals surface area (Å²) in [6.45, 7) is 4.58. The largest absolute Gasteiger partial charge is 0.496 e. The lowest BCUT2D eigenvalue weighted by molar-refractivity contribution is 0.330. The fourth-order valence-electron chi connectivity index (χ4n) is 3.13. The highest BCUT2D eigenvalue weighted by molar-refractivity contribution is 6.30. The van der Waals surface area contributed by atoms with Crippen LogP contribution in [-0.2, 0) is 6.42 Å². The molecule has 0 aliphatic heterocycles. The summed E-state index contributed by atoms with van der Waals surface area (Å²) in [5, 5.41) is 0.742. The molecule has 2 N–H and O–H groups in total. The second kappa shape index (κ2) is 4.75. The van der Waals surface area contributed by atoms with Gasteiger partial charge in [0.15, 0.2) is 0 Å². The Morgan fingerprint density at radius 2 is 2.06 bits per heavy atom. The summed E-state index contributed by atoms with van der Waals surface area (Å²) < 4.78 is 5.39. The zero-order chi connectivity index (χ0) is 13.4. The first-order valence-electron chi connectivity index (χ1n) is 6.45. The molecule has 1 atom stereocenters. The van der Waals surface area contributed by atoms with Gasteiger partial charge in [0.05, 0.1) is 7.11 Å². The zero-order valence-electron chi connectivity index (χ0n) is 11.4. The smallest absolute Gasteiger partial charge is 0.122 e. The summed E-state index contributed by atoms with van der Waals surface area (Å²) in [7, 11) is 1.69. The Balaban J connectivity index is 2.21. The highest BCUT2D eigenvalue weighted by Gasteiger charge is 2.40. The van der Waals surface area contributed by atoms with Gasteiger partial charge in [0.1, 0.15) is 5.75 Å². The van der Waals surface area contributed by atoms with Crippen LogP contribution in [0.15, 0.2) is 18.2 Å². The van der Waals surface area contributed by atoms with E-state index in [1.54, 1.807) is 7.11 Å². The first-order valence-corrected chi connectivity index (χ1v) is 6.83. The summed E-state index contributed by atoms with van der Waals surface area (Å²) in [5.41, 5.74) is 7.88. The first-order chi connectivity index (χ1) is 8.34. The van der Waals surface area contributed by atoms with Crippen molar-refractivity contribution in [1.29, 1.82) is 0 Å². The van der Waals surface area contributed by atoms with Gasteiger partial charge >= 0.3 is 0 Å². The van der Waals surface area contributed by atoms with Gasteiger partial charge in [0.25, 0.3) is 0 Å². The van der Waals surface area contributed by atoms with Crippen LogP contribution in [0.2, 0.25) is 5.02 Å². The molecule has 1 saturated carbocycles. The topological polar surface area (TPSA) is 35.2 Å². The fraction of sp³-hybridized carbons (Fsp3) is 0.600. The molecule has 18 heavy (non-hydrogen) atoms. The van der Waals surface area contributed by atoms with Gasteiger partial charge in [-0.25, -0.2) is 0 Å². The molecular formula is C15H22ClNO. The molecule has 0 spiro atoms. The summed E-state index contributed by atoms with van der Waals surface area (Å²) >= 11 is 6.06. The second-order valence-corrected chi connectivity index (χ2v) is 6.77. The number of methoxy groups -OCH3 is 1. The molecule has 1 fully saturated rings. The minimum atomic E-state index is -0.124. The maximum absolute atomic E-state index is 6.54. The van der Waals surface area contributed by atoms with Crippen LogP contribution in [0.4, 0.5) is 0 Å². The van der Waals surface area contributed by atoms with E-state index in [2.05, 4.69) is 13.8 Å². The van der Waals surface area contributed by atoms with E-state index in [9.17, 15) is 0 Å². The quantitative estimate of drug-likeness (QED) is 0.904. The average Bonchev–Trinajstić information content (AvgIpc) is 2.53. The third kappa shape index (κ3) is 2.99. The number of benzene rings is 1. The van der Waals surface area contributed by atoms with E-state index in [4.69, 9.17) is 22.1 Å². The third-order valence-electron chi connectivity index (χ3n) is 3.92. The molecule has 0 amide bonds. The van der Waals surface area contributed by atoms with Crippen LogP contribution < -0.4 is 10.5 Å². The fourth-order valence-corrected chi connectivity index (χ4v) is 3.33. The average molecular weight is 268 g/mol. The molecule has 0 saturated heterocycles. The minimum absolute atomic E-state index is 0.124. The monoisotopic (exact) mass is 267 g/mol. The molecular weight excluding hydrogens is 246 g/mol. The number of halogens is 1. The van der Waals surface area contributed by atoms with Crippen LogP contribution in [0.1, 0.15) is 38.7 Å². The van der Waals surface area contributed by atoms with Gasteiger partial charge in [-0.15, -0.1) is 0 Å². The lowest BCUT2D eigenvalue weighted by Gasteiger charge is -2.27. The third-order valence-corrected chi connectivity index (χ3v) is 4.15. The van der Waals surface area contributed by atoms with Crippen molar-refractivity contribution in [2.45, 2.75) is 45.1 Å². The Bertz CT molecular complexity index is 444. The van der Waals surface area contributed by atoms with Crippen LogP contribution in [0.5, 0.6) is 5.75 Å². The lowest BCUT2D eigenvalue weighted by Crippen LogP contribution is -2.40. The Hall–Kier alpha value is -0.730. The molecule has 3 heteroatoms. The number of hydrogen-bond donors (Lipinski definition) is 1. The second-order valence-electron chi connectivity index (χ2n) is 6.34. The summed E-state index contributed by atoms with van der Waals surface area (Å²) in [4.78, 5) is 0. The zero-order valence-corrected chi connectivity index (χ0v) is 12.2. The molecule has 0 aromatic heterocycles. The molecule has 100 valence electrons. The normalized spacial score (nSPS) is 26.3. The van der Waals surface area contributed by atoms with Crippen molar-refractivity contribution in [2.75, 3.05) is 7.11 Å². The first kappa shape index (κ1) is 13.7. The molecule has 0 radical (unpaired) electrons. The molecule has 1 aromatic carbocycles. The van der Waals surface area contributed by atoms with E-state index >= 15 is 0 Å². The molecule has 2 rings (SSSR count). The van der Waals surface area contributed by atoms with E-state index in [1.807, 2.05) is 18.2 Å². The Kier molecular flexibility index (Phi) is 3.61. The van der Waals surface area contributed by atoms with Gasteiger partial charge in [-0.05, 0) is 54.9 Å².